The Hall–Kier alpha value is -2.93. The van der Waals surface area contributed by atoms with Crippen molar-refractivity contribution in [3.8, 4) is 11.3 Å². The van der Waals surface area contributed by atoms with Gasteiger partial charge in [-0.2, -0.15) is 0 Å². The number of fused-ring (bicyclic) bond motifs is 1. The van der Waals surface area contributed by atoms with Gasteiger partial charge >= 0.3 is 0 Å². The Kier molecular flexibility index (Phi) is 3.85. The highest BCUT2D eigenvalue weighted by Gasteiger charge is 2.22. The van der Waals surface area contributed by atoms with Crippen LogP contribution in [0.4, 0.5) is 5.82 Å². The molecule has 0 bridgehead atoms. The topological polar surface area (TPSA) is 96.8 Å². The third-order valence-corrected chi connectivity index (χ3v) is 4.64. The number of primary amides is 1. The molecule has 0 unspecified atom stereocenters. The summed E-state index contributed by atoms with van der Waals surface area (Å²) in [6.07, 6.45) is 6.50. The van der Waals surface area contributed by atoms with E-state index in [0.29, 0.717) is 5.56 Å². The number of nitrogens with two attached hydrogens (primary N) is 1. The predicted octanol–water partition coefficient (Wildman–Crippen LogP) is 1.46. The lowest BCUT2D eigenvalue weighted by atomic mass is 10.0. The maximum atomic E-state index is 11.7. The van der Waals surface area contributed by atoms with Gasteiger partial charge in [-0.1, -0.05) is 18.2 Å². The van der Waals surface area contributed by atoms with Crippen molar-refractivity contribution in [2.45, 2.75) is 18.9 Å². The summed E-state index contributed by atoms with van der Waals surface area (Å²) in [5.74, 6) is 0.321. The monoisotopic (exact) mass is 337 g/mol. The highest BCUT2D eigenvalue weighted by Crippen LogP contribution is 2.28. The number of benzene rings is 1. The molecule has 0 spiro atoms. The second-order valence-electron chi connectivity index (χ2n) is 6.22. The molecule has 0 aliphatic carbocycles. The van der Waals surface area contributed by atoms with E-state index in [1.54, 1.807) is 24.5 Å². The van der Waals surface area contributed by atoms with Crippen LogP contribution in [0.3, 0.4) is 0 Å². The summed E-state index contributed by atoms with van der Waals surface area (Å²) >= 11 is 0. The highest BCUT2D eigenvalue weighted by atomic mass is 16.3. The van der Waals surface area contributed by atoms with Gasteiger partial charge in [-0.05, 0) is 18.9 Å². The van der Waals surface area contributed by atoms with Gasteiger partial charge in [0.2, 0.25) is 5.91 Å². The molecule has 1 aliphatic rings. The number of piperidine rings is 1. The highest BCUT2D eigenvalue weighted by molar-refractivity contribution is 5.99. The molecule has 3 aromatic rings. The molecule has 1 aromatic carbocycles. The van der Waals surface area contributed by atoms with Crippen LogP contribution in [0.1, 0.15) is 23.2 Å². The molecule has 25 heavy (non-hydrogen) atoms. The van der Waals surface area contributed by atoms with Gasteiger partial charge < -0.3 is 15.7 Å². The van der Waals surface area contributed by atoms with Crippen molar-refractivity contribution in [1.82, 2.24) is 14.4 Å². The molecule has 0 radical (unpaired) electrons. The smallest absolute Gasteiger partial charge is 0.249 e. The van der Waals surface area contributed by atoms with Crippen LogP contribution in [-0.4, -0.2) is 44.6 Å². The molecule has 1 aliphatic heterocycles. The lowest BCUT2D eigenvalue weighted by molar-refractivity contribution is 0.100. The third-order valence-electron chi connectivity index (χ3n) is 4.64. The number of carbonyl (C=O) groups excluding carboxylic acids is 1. The average molecular weight is 337 g/mol. The number of aromatic nitrogens is 3. The van der Waals surface area contributed by atoms with Crippen LogP contribution in [0.5, 0.6) is 0 Å². The predicted molar refractivity (Wildman–Crippen MR) is 94.4 cm³/mol. The van der Waals surface area contributed by atoms with Crippen molar-refractivity contribution >= 4 is 17.4 Å². The number of imidazole rings is 1. The van der Waals surface area contributed by atoms with Crippen LogP contribution in [-0.2, 0) is 0 Å². The molecule has 1 saturated heterocycles. The third kappa shape index (κ3) is 2.72. The van der Waals surface area contributed by atoms with E-state index in [-0.39, 0.29) is 6.10 Å². The van der Waals surface area contributed by atoms with Gasteiger partial charge in [0.25, 0.3) is 0 Å². The second-order valence-corrected chi connectivity index (χ2v) is 6.22. The quantitative estimate of drug-likeness (QED) is 0.754. The molecule has 128 valence electrons. The lowest BCUT2D eigenvalue weighted by Gasteiger charge is -2.30. The molecule has 3 N–H and O–H groups in total. The van der Waals surface area contributed by atoms with Crippen molar-refractivity contribution < 1.29 is 9.90 Å². The Balaban J connectivity index is 1.81. The first-order valence-electron chi connectivity index (χ1n) is 8.29. The standard InChI is InChI=1S/C18H19N5O2/c19-16(25)14-4-2-1-3-13(14)15-11-21-18-17(20-7-10-23(15)18)22-8-5-12(24)6-9-22/h1-4,7,10-12,24H,5-6,8-9H2,(H2,19,25). The number of anilines is 1. The van der Waals surface area contributed by atoms with Crippen LogP contribution in [0, 0.1) is 0 Å². The number of hydrogen-bond donors (Lipinski definition) is 2. The van der Waals surface area contributed by atoms with Gasteiger partial charge in [-0.25, -0.2) is 9.97 Å². The molecule has 0 atom stereocenters. The summed E-state index contributed by atoms with van der Waals surface area (Å²) in [5, 5.41) is 9.71. The first-order chi connectivity index (χ1) is 12.1. The number of amides is 1. The zero-order valence-electron chi connectivity index (χ0n) is 13.7. The first-order valence-corrected chi connectivity index (χ1v) is 8.29. The fourth-order valence-corrected chi connectivity index (χ4v) is 3.33. The van der Waals surface area contributed by atoms with E-state index in [4.69, 9.17) is 5.73 Å². The van der Waals surface area contributed by atoms with E-state index < -0.39 is 5.91 Å². The summed E-state index contributed by atoms with van der Waals surface area (Å²) in [5.41, 5.74) is 8.24. The number of rotatable bonds is 3. The number of aliphatic hydroxyl groups is 1. The van der Waals surface area contributed by atoms with E-state index in [1.165, 1.54) is 0 Å². The van der Waals surface area contributed by atoms with Gasteiger partial charge in [0.05, 0.1) is 18.0 Å². The Bertz CT molecular complexity index is 928. The molecular formula is C18H19N5O2. The summed E-state index contributed by atoms with van der Waals surface area (Å²) < 4.78 is 1.93. The van der Waals surface area contributed by atoms with Crippen LogP contribution in [0.25, 0.3) is 16.9 Å². The molecule has 7 nitrogen and oxygen atoms in total. The summed E-state index contributed by atoms with van der Waals surface area (Å²) in [4.78, 5) is 22.9. The van der Waals surface area contributed by atoms with Gasteiger partial charge in [-0.15, -0.1) is 0 Å². The van der Waals surface area contributed by atoms with Crippen LogP contribution in [0.2, 0.25) is 0 Å². The van der Waals surface area contributed by atoms with Crippen LogP contribution in [0.15, 0.2) is 42.9 Å². The van der Waals surface area contributed by atoms with E-state index in [1.807, 2.05) is 22.7 Å². The largest absolute Gasteiger partial charge is 0.393 e. The zero-order valence-corrected chi connectivity index (χ0v) is 13.7. The Morgan fingerprint density at radius 3 is 2.72 bits per heavy atom. The Morgan fingerprint density at radius 1 is 1.20 bits per heavy atom. The number of hydrogen-bond acceptors (Lipinski definition) is 5. The fraction of sp³-hybridized carbons (Fsp3) is 0.278. The minimum atomic E-state index is -0.468. The average Bonchev–Trinajstić information content (AvgIpc) is 3.06. The molecule has 4 rings (SSSR count). The van der Waals surface area contributed by atoms with Gasteiger partial charge in [0, 0.05) is 36.6 Å². The van der Waals surface area contributed by atoms with Crippen molar-refractivity contribution in [2.75, 3.05) is 18.0 Å². The van der Waals surface area contributed by atoms with Crippen molar-refractivity contribution in [2.24, 2.45) is 5.73 Å². The van der Waals surface area contributed by atoms with Crippen LogP contribution >= 0.6 is 0 Å². The van der Waals surface area contributed by atoms with E-state index >= 15 is 0 Å². The molecule has 7 heteroatoms. The van der Waals surface area contributed by atoms with Crippen LogP contribution < -0.4 is 10.6 Å². The second kappa shape index (κ2) is 6.18. The van der Waals surface area contributed by atoms with Gasteiger partial charge in [0.15, 0.2) is 11.5 Å². The molecule has 1 fully saturated rings. The SMILES string of the molecule is NC(=O)c1ccccc1-c1cnc2c(N3CCC(O)CC3)nccn12. The molecule has 3 heterocycles. The summed E-state index contributed by atoms with van der Waals surface area (Å²) in [6, 6.07) is 7.24. The van der Waals surface area contributed by atoms with Crippen molar-refractivity contribution in [3.63, 3.8) is 0 Å². The van der Waals surface area contributed by atoms with E-state index in [0.717, 1.165) is 48.7 Å². The lowest BCUT2D eigenvalue weighted by Crippen LogP contribution is -2.36. The molecule has 2 aromatic heterocycles. The summed E-state index contributed by atoms with van der Waals surface area (Å²) in [6.45, 7) is 1.49. The maximum Gasteiger partial charge on any atom is 0.249 e. The number of carbonyl (C=O) groups is 1. The summed E-state index contributed by atoms with van der Waals surface area (Å²) in [7, 11) is 0. The molecule has 1 amide bonds. The van der Waals surface area contributed by atoms with Crippen molar-refractivity contribution in [1.29, 1.82) is 0 Å². The Morgan fingerprint density at radius 2 is 1.96 bits per heavy atom. The van der Waals surface area contributed by atoms with E-state index in [2.05, 4.69) is 14.9 Å². The maximum absolute atomic E-state index is 11.7. The first kappa shape index (κ1) is 15.6. The molecule has 0 saturated carbocycles. The van der Waals surface area contributed by atoms with Gasteiger partial charge in [0.1, 0.15) is 0 Å². The van der Waals surface area contributed by atoms with Crippen molar-refractivity contribution in [3.05, 3.63) is 48.4 Å². The van der Waals surface area contributed by atoms with E-state index in [9.17, 15) is 9.90 Å². The minimum absolute atomic E-state index is 0.242. The molecular weight excluding hydrogens is 318 g/mol. The van der Waals surface area contributed by atoms with Gasteiger partial charge in [-0.3, -0.25) is 9.20 Å². The Labute approximate surface area is 144 Å². The fourth-order valence-electron chi connectivity index (χ4n) is 3.33. The number of nitrogens with zero attached hydrogens (tertiary/aromatic N) is 4. The normalized spacial score (nSPS) is 15.6. The number of aliphatic hydroxyl groups excluding tert-OH is 1. The zero-order chi connectivity index (χ0) is 17.4. The minimum Gasteiger partial charge on any atom is -0.393 e.